The Kier molecular flexibility index (Phi) is 2.52. The zero-order valence-electron chi connectivity index (χ0n) is 12.1. The normalized spacial score (nSPS) is 33.4. The van der Waals surface area contributed by atoms with Crippen molar-refractivity contribution in [2.75, 3.05) is 12.0 Å². The topological polar surface area (TPSA) is 46.6 Å². The Balaban J connectivity index is 1.77. The summed E-state index contributed by atoms with van der Waals surface area (Å²) >= 11 is 0. The summed E-state index contributed by atoms with van der Waals surface area (Å²) in [5.41, 5.74) is 1.84. The van der Waals surface area contributed by atoms with Crippen LogP contribution in [0.2, 0.25) is 0 Å². The highest BCUT2D eigenvalue weighted by Crippen LogP contribution is 2.56. The Morgan fingerprint density at radius 2 is 1.86 bits per heavy atom. The molecule has 0 spiro atoms. The molecule has 2 fully saturated rings. The van der Waals surface area contributed by atoms with E-state index in [0.717, 1.165) is 6.42 Å². The van der Waals surface area contributed by atoms with Gasteiger partial charge in [0.15, 0.2) is 0 Å². The number of carbonyl (C=O) groups excluding carboxylic acids is 2. The number of imide groups is 1. The zero-order valence-corrected chi connectivity index (χ0v) is 12.1. The number of allylic oxidation sites excluding steroid dienone is 2. The molecule has 2 bridgehead atoms. The van der Waals surface area contributed by atoms with Crippen LogP contribution in [0.3, 0.4) is 0 Å². The predicted molar refractivity (Wildman–Crippen MR) is 77.8 cm³/mol. The number of amides is 2. The minimum Gasteiger partial charge on any atom is -0.495 e. The van der Waals surface area contributed by atoms with E-state index in [4.69, 9.17) is 4.74 Å². The van der Waals surface area contributed by atoms with Crippen LogP contribution in [-0.2, 0) is 9.59 Å². The number of hydrogen-bond donors (Lipinski definition) is 0. The number of fused-ring (bicyclic) bond motifs is 5. The molecule has 21 heavy (non-hydrogen) atoms. The molecule has 4 nitrogen and oxygen atoms in total. The molecule has 0 aromatic heterocycles. The monoisotopic (exact) mass is 283 g/mol. The molecule has 0 radical (unpaired) electrons. The minimum absolute atomic E-state index is 0.0607. The van der Waals surface area contributed by atoms with Gasteiger partial charge in [-0.25, -0.2) is 4.90 Å². The number of methoxy groups -OCH3 is 1. The molecule has 1 aromatic carbocycles. The van der Waals surface area contributed by atoms with E-state index in [1.165, 1.54) is 10.5 Å². The fourth-order valence-electron chi connectivity index (χ4n) is 4.33. The molecule has 2 aliphatic carbocycles. The molecule has 1 saturated carbocycles. The third kappa shape index (κ3) is 1.50. The molecule has 0 unspecified atom stereocenters. The Morgan fingerprint density at radius 1 is 1.14 bits per heavy atom. The van der Waals surface area contributed by atoms with Gasteiger partial charge < -0.3 is 4.74 Å². The van der Waals surface area contributed by atoms with Crippen LogP contribution < -0.4 is 9.64 Å². The van der Waals surface area contributed by atoms with Gasteiger partial charge in [-0.1, -0.05) is 23.8 Å². The van der Waals surface area contributed by atoms with Crippen LogP contribution in [0, 0.1) is 23.7 Å². The first kappa shape index (κ1) is 12.6. The van der Waals surface area contributed by atoms with Gasteiger partial charge in [0.2, 0.25) is 11.8 Å². The van der Waals surface area contributed by atoms with Crippen LogP contribution >= 0.6 is 0 Å². The van der Waals surface area contributed by atoms with E-state index >= 15 is 0 Å². The molecule has 3 aliphatic rings. The number of anilines is 1. The summed E-state index contributed by atoms with van der Waals surface area (Å²) < 4.78 is 5.31. The highest BCUT2D eigenvalue weighted by atomic mass is 16.5. The van der Waals surface area contributed by atoms with Gasteiger partial charge in [0.1, 0.15) is 5.75 Å². The number of hydrogen-bond acceptors (Lipinski definition) is 3. The SMILES string of the molecule is COc1ccccc1N1C(=O)[C@@H]2[C@@H](C1=O)[C@H]1C=C(C)[C@H]2C1. The van der Waals surface area contributed by atoms with Gasteiger partial charge in [0, 0.05) is 0 Å². The van der Waals surface area contributed by atoms with Gasteiger partial charge in [0.05, 0.1) is 24.6 Å². The van der Waals surface area contributed by atoms with E-state index in [0.29, 0.717) is 11.4 Å². The number of carbonyl (C=O) groups is 2. The maximum Gasteiger partial charge on any atom is 0.238 e. The lowest BCUT2D eigenvalue weighted by molar-refractivity contribution is -0.123. The van der Waals surface area contributed by atoms with Crippen molar-refractivity contribution in [1.29, 1.82) is 0 Å². The molecule has 1 aliphatic heterocycles. The summed E-state index contributed by atoms with van der Waals surface area (Å²) in [5, 5.41) is 0. The molecule has 1 saturated heterocycles. The minimum atomic E-state index is -0.170. The molecule has 4 heteroatoms. The van der Waals surface area contributed by atoms with E-state index in [1.54, 1.807) is 19.2 Å². The molecule has 4 atom stereocenters. The maximum absolute atomic E-state index is 12.8. The molecule has 1 heterocycles. The molecule has 0 N–H and O–H groups in total. The van der Waals surface area contributed by atoms with Crippen molar-refractivity contribution in [1.82, 2.24) is 0 Å². The molecule has 108 valence electrons. The lowest BCUT2D eigenvalue weighted by Gasteiger charge is -2.20. The second-order valence-electron chi connectivity index (χ2n) is 6.15. The van der Waals surface area contributed by atoms with Gasteiger partial charge in [-0.05, 0) is 37.3 Å². The summed E-state index contributed by atoms with van der Waals surface area (Å²) in [7, 11) is 1.56. The summed E-state index contributed by atoms with van der Waals surface area (Å²) in [4.78, 5) is 27.0. The molecular weight excluding hydrogens is 266 g/mol. The summed E-state index contributed by atoms with van der Waals surface area (Å²) in [6.45, 7) is 2.07. The van der Waals surface area contributed by atoms with Crippen molar-refractivity contribution >= 4 is 17.5 Å². The summed E-state index contributed by atoms with van der Waals surface area (Å²) in [6, 6.07) is 7.22. The Labute approximate surface area is 123 Å². The highest BCUT2D eigenvalue weighted by molar-refractivity contribution is 6.23. The van der Waals surface area contributed by atoms with Gasteiger partial charge in [0.25, 0.3) is 0 Å². The quantitative estimate of drug-likeness (QED) is 0.618. The average Bonchev–Trinajstić information content (AvgIpc) is 3.11. The van der Waals surface area contributed by atoms with E-state index in [1.807, 2.05) is 12.1 Å². The number of rotatable bonds is 2. The lowest BCUT2D eigenvalue weighted by atomic mass is 9.82. The highest BCUT2D eigenvalue weighted by Gasteiger charge is 2.61. The van der Waals surface area contributed by atoms with Crippen molar-refractivity contribution < 1.29 is 14.3 Å². The van der Waals surface area contributed by atoms with Crippen LogP contribution in [0.4, 0.5) is 5.69 Å². The van der Waals surface area contributed by atoms with Crippen LogP contribution in [0.5, 0.6) is 5.75 Å². The fraction of sp³-hybridized carbons (Fsp3) is 0.412. The lowest BCUT2D eigenvalue weighted by Crippen LogP contribution is -2.33. The van der Waals surface area contributed by atoms with Crippen molar-refractivity contribution in [2.45, 2.75) is 13.3 Å². The third-order valence-corrected chi connectivity index (χ3v) is 5.21. The second kappa shape index (κ2) is 4.20. The van der Waals surface area contributed by atoms with E-state index in [2.05, 4.69) is 13.0 Å². The van der Waals surface area contributed by atoms with Gasteiger partial charge in [-0.3, -0.25) is 9.59 Å². The van der Waals surface area contributed by atoms with Crippen molar-refractivity contribution in [2.24, 2.45) is 23.7 Å². The Hall–Kier alpha value is -2.10. The fourth-order valence-corrected chi connectivity index (χ4v) is 4.33. The van der Waals surface area contributed by atoms with Crippen LogP contribution in [-0.4, -0.2) is 18.9 Å². The first-order valence-corrected chi connectivity index (χ1v) is 7.32. The number of para-hydroxylation sites is 2. The first-order chi connectivity index (χ1) is 10.1. The number of nitrogens with zero attached hydrogens (tertiary/aromatic N) is 1. The molecule has 1 aromatic rings. The standard InChI is InChI=1S/C17H17NO3/c1-9-7-10-8-11(9)15-14(10)16(19)18(17(15)20)12-5-3-4-6-13(12)21-2/h3-7,10-11,14-15H,8H2,1-2H3/t10-,11+,14-,15-/m0/s1. The van der Waals surface area contributed by atoms with Crippen LogP contribution in [0.1, 0.15) is 13.3 Å². The second-order valence-corrected chi connectivity index (χ2v) is 6.15. The maximum atomic E-state index is 12.8. The van der Waals surface area contributed by atoms with Crippen molar-refractivity contribution in [3.8, 4) is 5.75 Å². The van der Waals surface area contributed by atoms with Gasteiger partial charge in [-0.15, -0.1) is 0 Å². The largest absolute Gasteiger partial charge is 0.495 e. The van der Waals surface area contributed by atoms with Gasteiger partial charge >= 0.3 is 0 Å². The molecule has 4 rings (SSSR count). The summed E-state index contributed by atoms with van der Waals surface area (Å²) in [6.07, 6.45) is 3.14. The van der Waals surface area contributed by atoms with E-state index in [9.17, 15) is 9.59 Å². The van der Waals surface area contributed by atoms with Gasteiger partial charge in [-0.2, -0.15) is 0 Å². The predicted octanol–water partition coefficient (Wildman–Crippen LogP) is 2.40. The average molecular weight is 283 g/mol. The van der Waals surface area contributed by atoms with Crippen molar-refractivity contribution in [3.05, 3.63) is 35.9 Å². The third-order valence-electron chi connectivity index (χ3n) is 5.21. The zero-order chi connectivity index (χ0) is 14.7. The molecule has 2 amide bonds. The summed E-state index contributed by atoms with van der Waals surface area (Å²) in [5.74, 6) is 0.581. The Bertz CT molecular complexity index is 678. The van der Waals surface area contributed by atoms with E-state index in [-0.39, 0.29) is 35.5 Å². The van der Waals surface area contributed by atoms with Crippen LogP contribution in [0.15, 0.2) is 35.9 Å². The van der Waals surface area contributed by atoms with E-state index < -0.39 is 0 Å². The smallest absolute Gasteiger partial charge is 0.238 e. The number of ether oxygens (including phenoxy) is 1. The van der Waals surface area contributed by atoms with Crippen LogP contribution in [0.25, 0.3) is 0 Å². The molecular formula is C17H17NO3. The first-order valence-electron chi connectivity index (χ1n) is 7.32. The van der Waals surface area contributed by atoms with Crippen molar-refractivity contribution in [3.63, 3.8) is 0 Å². The Morgan fingerprint density at radius 3 is 2.62 bits per heavy atom. The number of benzene rings is 1.